The van der Waals surface area contributed by atoms with Gasteiger partial charge in [-0.1, -0.05) is 12.1 Å². The molecule has 1 nitrogen and oxygen atoms in total. The van der Waals surface area contributed by atoms with Gasteiger partial charge in [-0.15, -0.1) is 0 Å². The van der Waals surface area contributed by atoms with E-state index in [1.54, 1.807) is 12.1 Å². The Kier molecular flexibility index (Phi) is 4.47. The third-order valence-electron chi connectivity index (χ3n) is 2.03. The molecular formula is C11H16FN. The van der Waals surface area contributed by atoms with Gasteiger partial charge in [0.05, 0.1) is 0 Å². The van der Waals surface area contributed by atoms with Crippen LogP contribution in [0.2, 0.25) is 0 Å². The van der Waals surface area contributed by atoms with Crippen LogP contribution in [0, 0.1) is 5.82 Å². The normalized spacial score (nSPS) is 10.3. The minimum atomic E-state index is -0.133. The molecule has 0 aliphatic carbocycles. The van der Waals surface area contributed by atoms with Gasteiger partial charge in [0.1, 0.15) is 5.82 Å². The van der Waals surface area contributed by atoms with Crippen LogP contribution in [0.3, 0.4) is 0 Å². The van der Waals surface area contributed by atoms with Crippen LogP contribution in [-0.4, -0.2) is 13.6 Å². The van der Waals surface area contributed by atoms with E-state index >= 15 is 0 Å². The molecule has 1 rings (SSSR count). The lowest BCUT2D eigenvalue weighted by Gasteiger charge is -2.01. The van der Waals surface area contributed by atoms with Gasteiger partial charge < -0.3 is 5.32 Å². The summed E-state index contributed by atoms with van der Waals surface area (Å²) in [5, 5.41) is 3.09. The maximum absolute atomic E-state index is 12.7. The van der Waals surface area contributed by atoms with E-state index < -0.39 is 0 Å². The third kappa shape index (κ3) is 4.04. The van der Waals surface area contributed by atoms with Crippen LogP contribution in [0.5, 0.6) is 0 Å². The highest BCUT2D eigenvalue weighted by atomic mass is 19.1. The number of hydrogen-bond acceptors (Lipinski definition) is 1. The van der Waals surface area contributed by atoms with E-state index in [4.69, 9.17) is 0 Å². The largest absolute Gasteiger partial charge is 0.320 e. The van der Waals surface area contributed by atoms with Crippen molar-refractivity contribution < 1.29 is 4.39 Å². The molecule has 0 saturated carbocycles. The summed E-state index contributed by atoms with van der Waals surface area (Å²) in [6.07, 6.45) is 3.23. The lowest BCUT2D eigenvalue weighted by Crippen LogP contribution is -2.07. The van der Waals surface area contributed by atoms with E-state index in [1.165, 1.54) is 6.07 Å². The number of unbranched alkanes of at least 4 members (excludes halogenated alkanes) is 1. The molecule has 0 bridgehead atoms. The number of benzene rings is 1. The Bertz CT molecular complexity index is 248. The molecule has 0 spiro atoms. The highest BCUT2D eigenvalue weighted by Gasteiger charge is 1.94. The Morgan fingerprint density at radius 1 is 1.31 bits per heavy atom. The fourth-order valence-electron chi connectivity index (χ4n) is 1.32. The van der Waals surface area contributed by atoms with Crippen molar-refractivity contribution in [3.05, 3.63) is 35.6 Å². The van der Waals surface area contributed by atoms with E-state index in [2.05, 4.69) is 5.32 Å². The summed E-state index contributed by atoms with van der Waals surface area (Å²) in [5.41, 5.74) is 1.09. The smallest absolute Gasteiger partial charge is 0.123 e. The molecule has 1 aromatic carbocycles. The van der Waals surface area contributed by atoms with Gasteiger partial charge in [-0.3, -0.25) is 0 Å². The predicted molar refractivity (Wildman–Crippen MR) is 53.3 cm³/mol. The Labute approximate surface area is 79.0 Å². The molecule has 13 heavy (non-hydrogen) atoms. The monoisotopic (exact) mass is 181 g/mol. The first-order chi connectivity index (χ1) is 6.33. The second-order valence-electron chi connectivity index (χ2n) is 3.19. The predicted octanol–water partition coefficient (Wildman–Crippen LogP) is 2.37. The molecule has 72 valence electrons. The van der Waals surface area contributed by atoms with Crippen molar-refractivity contribution in [1.29, 1.82) is 0 Å². The summed E-state index contributed by atoms with van der Waals surface area (Å²) in [7, 11) is 1.95. The molecule has 0 aromatic heterocycles. The van der Waals surface area contributed by atoms with E-state index in [-0.39, 0.29) is 5.82 Å². The van der Waals surface area contributed by atoms with Crippen LogP contribution in [0.4, 0.5) is 4.39 Å². The van der Waals surface area contributed by atoms with E-state index in [0.29, 0.717) is 0 Å². The number of halogens is 1. The first-order valence-electron chi connectivity index (χ1n) is 4.72. The van der Waals surface area contributed by atoms with Gasteiger partial charge in [0.25, 0.3) is 0 Å². The SMILES string of the molecule is CNCCCCc1cccc(F)c1. The van der Waals surface area contributed by atoms with Gasteiger partial charge in [0.15, 0.2) is 0 Å². The number of rotatable bonds is 5. The zero-order valence-electron chi connectivity index (χ0n) is 8.02. The average Bonchev–Trinajstić information content (AvgIpc) is 2.13. The molecule has 0 saturated heterocycles. The fourth-order valence-corrected chi connectivity index (χ4v) is 1.32. The highest BCUT2D eigenvalue weighted by Crippen LogP contribution is 2.06. The molecule has 1 aromatic rings. The standard InChI is InChI=1S/C11H16FN/c1-13-8-3-2-5-10-6-4-7-11(12)9-10/h4,6-7,9,13H,2-3,5,8H2,1H3. The second kappa shape index (κ2) is 5.70. The Balaban J connectivity index is 2.28. The molecule has 0 atom stereocenters. The van der Waals surface area contributed by atoms with Gasteiger partial charge in [0.2, 0.25) is 0 Å². The quantitative estimate of drug-likeness (QED) is 0.688. The first kappa shape index (κ1) is 10.2. The summed E-state index contributed by atoms with van der Waals surface area (Å²) < 4.78 is 12.7. The summed E-state index contributed by atoms with van der Waals surface area (Å²) in [6, 6.07) is 6.83. The van der Waals surface area contributed by atoms with Crippen molar-refractivity contribution in [1.82, 2.24) is 5.32 Å². The highest BCUT2D eigenvalue weighted by molar-refractivity contribution is 5.16. The molecule has 0 heterocycles. The van der Waals surface area contributed by atoms with Gasteiger partial charge in [0, 0.05) is 0 Å². The lowest BCUT2D eigenvalue weighted by atomic mass is 10.1. The summed E-state index contributed by atoms with van der Waals surface area (Å²) >= 11 is 0. The molecule has 0 aliphatic rings. The van der Waals surface area contributed by atoms with Crippen molar-refractivity contribution in [3.8, 4) is 0 Å². The van der Waals surface area contributed by atoms with E-state index in [1.807, 2.05) is 13.1 Å². The summed E-state index contributed by atoms with van der Waals surface area (Å²) in [5.74, 6) is -0.133. The van der Waals surface area contributed by atoms with Crippen molar-refractivity contribution >= 4 is 0 Å². The van der Waals surface area contributed by atoms with E-state index in [0.717, 1.165) is 31.4 Å². The summed E-state index contributed by atoms with van der Waals surface area (Å²) in [6.45, 7) is 1.04. The minimum Gasteiger partial charge on any atom is -0.320 e. The zero-order valence-corrected chi connectivity index (χ0v) is 8.02. The molecule has 2 heteroatoms. The van der Waals surface area contributed by atoms with Crippen LogP contribution in [0.15, 0.2) is 24.3 Å². The molecule has 0 aliphatic heterocycles. The topological polar surface area (TPSA) is 12.0 Å². The van der Waals surface area contributed by atoms with Crippen LogP contribution >= 0.6 is 0 Å². The van der Waals surface area contributed by atoms with Gasteiger partial charge in [-0.25, -0.2) is 4.39 Å². The first-order valence-corrected chi connectivity index (χ1v) is 4.72. The van der Waals surface area contributed by atoms with Crippen molar-refractivity contribution in [3.63, 3.8) is 0 Å². The zero-order chi connectivity index (χ0) is 9.52. The van der Waals surface area contributed by atoms with Crippen LogP contribution in [-0.2, 0) is 6.42 Å². The van der Waals surface area contributed by atoms with Crippen molar-refractivity contribution in [2.75, 3.05) is 13.6 Å². The molecule has 0 fully saturated rings. The van der Waals surface area contributed by atoms with Crippen molar-refractivity contribution in [2.24, 2.45) is 0 Å². The van der Waals surface area contributed by atoms with Crippen molar-refractivity contribution in [2.45, 2.75) is 19.3 Å². The van der Waals surface area contributed by atoms with Gasteiger partial charge >= 0.3 is 0 Å². The lowest BCUT2D eigenvalue weighted by molar-refractivity contribution is 0.622. The summed E-state index contributed by atoms with van der Waals surface area (Å²) in [4.78, 5) is 0. The molecule has 1 N–H and O–H groups in total. The number of nitrogens with one attached hydrogen (secondary N) is 1. The Morgan fingerprint density at radius 2 is 2.15 bits per heavy atom. The van der Waals surface area contributed by atoms with Crippen LogP contribution in [0.25, 0.3) is 0 Å². The number of hydrogen-bond donors (Lipinski definition) is 1. The molecular weight excluding hydrogens is 165 g/mol. The Morgan fingerprint density at radius 3 is 2.85 bits per heavy atom. The van der Waals surface area contributed by atoms with Gasteiger partial charge in [-0.05, 0) is 50.6 Å². The fraction of sp³-hybridized carbons (Fsp3) is 0.455. The maximum Gasteiger partial charge on any atom is 0.123 e. The number of aryl methyl sites for hydroxylation is 1. The molecule has 0 amide bonds. The van der Waals surface area contributed by atoms with Crippen LogP contribution < -0.4 is 5.32 Å². The molecule has 0 unspecified atom stereocenters. The second-order valence-corrected chi connectivity index (χ2v) is 3.19. The minimum absolute atomic E-state index is 0.133. The Hall–Kier alpha value is -0.890. The third-order valence-corrected chi connectivity index (χ3v) is 2.03. The average molecular weight is 181 g/mol. The van der Waals surface area contributed by atoms with E-state index in [9.17, 15) is 4.39 Å². The molecule has 0 radical (unpaired) electrons. The van der Waals surface area contributed by atoms with Crippen LogP contribution in [0.1, 0.15) is 18.4 Å². The maximum atomic E-state index is 12.7. The van der Waals surface area contributed by atoms with Gasteiger partial charge in [-0.2, -0.15) is 0 Å².